The van der Waals surface area contributed by atoms with Gasteiger partial charge in [0.15, 0.2) is 0 Å². The second-order valence-electron chi connectivity index (χ2n) is 8.41. The molecule has 0 radical (unpaired) electrons. The Bertz CT molecular complexity index is 798. The Hall–Kier alpha value is -2.00. The van der Waals surface area contributed by atoms with Gasteiger partial charge < -0.3 is 10.4 Å². The first-order chi connectivity index (χ1) is 12.2. The Morgan fingerprint density at radius 2 is 1.88 bits per heavy atom. The van der Waals surface area contributed by atoms with E-state index in [2.05, 4.69) is 38.2 Å². The van der Waals surface area contributed by atoms with Crippen molar-refractivity contribution in [3.63, 3.8) is 0 Å². The lowest BCUT2D eigenvalue weighted by Crippen LogP contribution is -2.25. The van der Waals surface area contributed by atoms with Crippen molar-refractivity contribution in [2.24, 2.45) is 16.7 Å². The summed E-state index contributed by atoms with van der Waals surface area (Å²) < 4.78 is 0. The molecule has 1 aliphatic carbocycles. The number of benzene rings is 2. The number of carboxylic acid groups (broad SMARTS) is 1. The molecule has 0 amide bonds. The molecule has 1 aliphatic rings. The van der Waals surface area contributed by atoms with Crippen LogP contribution in [0.3, 0.4) is 0 Å². The minimum Gasteiger partial charge on any atom is -0.481 e. The molecular weight excluding hydrogens is 346 g/mol. The van der Waals surface area contributed by atoms with Crippen LogP contribution in [0, 0.1) is 16.7 Å². The fraction of sp³-hybridized carbons (Fsp3) is 0.409. The molecule has 2 unspecified atom stereocenters. The molecule has 2 aromatic carbocycles. The lowest BCUT2D eigenvalue weighted by molar-refractivity contribution is -0.144. The molecule has 3 nitrogen and oxygen atoms in total. The van der Waals surface area contributed by atoms with Crippen molar-refractivity contribution in [1.82, 2.24) is 0 Å². The number of carboxylic acids is 1. The van der Waals surface area contributed by atoms with Gasteiger partial charge in [-0.05, 0) is 47.4 Å². The van der Waals surface area contributed by atoms with Crippen molar-refractivity contribution >= 4 is 23.3 Å². The molecule has 1 saturated carbocycles. The Morgan fingerprint density at radius 1 is 1.19 bits per heavy atom. The van der Waals surface area contributed by atoms with Crippen LogP contribution in [0.25, 0.3) is 0 Å². The second kappa shape index (κ2) is 6.96. The Kier molecular flexibility index (Phi) is 5.03. The van der Waals surface area contributed by atoms with Crippen molar-refractivity contribution in [2.45, 2.75) is 40.2 Å². The summed E-state index contributed by atoms with van der Waals surface area (Å²) in [6.07, 6.45) is 1.28. The fourth-order valence-electron chi connectivity index (χ4n) is 3.92. The molecule has 4 heteroatoms. The average molecular weight is 372 g/mol. The minimum atomic E-state index is -0.689. The van der Waals surface area contributed by atoms with Gasteiger partial charge in [0.05, 0.1) is 16.1 Å². The van der Waals surface area contributed by atoms with E-state index in [1.807, 2.05) is 36.4 Å². The quantitative estimate of drug-likeness (QED) is 0.691. The number of hydrogen-bond donors (Lipinski definition) is 2. The van der Waals surface area contributed by atoms with Gasteiger partial charge >= 0.3 is 5.97 Å². The summed E-state index contributed by atoms with van der Waals surface area (Å²) in [7, 11) is 0. The number of halogens is 1. The van der Waals surface area contributed by atoms with E-state index in [4.69, 9.17) is 11.6 Å². The number of nitrogens with one attached hydrogen (secondary N) is 1. The van der Waals surface area contributed by atoms with Crippen LogP contribution in [0.1, 0.15) is 38.3 Å². The molecule has 2 atom stereocenters. The highest BCUT2D eigenvalue weighted by molar-refractivity contribution is 6.33. The van der Waals surface area contributed by atoms with E-state index in [0.29, 0.717) is 18.0 Å². The molecular formula is C22H26ClNO2. The summed E-state index contributed by atoms with van der Waals surface area (Å²) in [5.74, 6) is -0.491. The zero-order chi connectivity index (χ0) is 18.9. The van der Waals surface area contributed by atoms with Crippen molar-refractivity contribution in [2.75, 3.05) is 5.32 Å². The van der Waals surface area contributed by atoms with E-state index in [1.54, 1.807) is 0 Å². The van der Waals surface area contributed by atoms with Crippen molar-refractivity contribution < 1.29 is 9.90 Å². The number of aliphatic carboxylic acids is 1. The third-order valence-corrected chi connectivity index (χ3v) is 5.75. The molecule has 0 bridgehead atoms. The van der Waals surface area contributed by atoms with Crippen molar-refractivity contribution in [1.29, 1.82) is 0 Å². The standard InChI is InChI=1S/C22H26ClNO2/c1-21(2,3)19-13-22(19,20(25)26)12-16-9-10-17(23)18(11-16)24-14-15-7-5-4-6-8-15/h4-11,19,24H,12-14H2,1-3H3,(H,25,26). The van der Waals surface area contributed by atoms with Gasteiger partial charge in [0.1, 0.15) is 0 Å². The largest absolute Gasteiger partial charge is 0.481 e. The third-order valence-electron chi connectivity index (χ3n) is 5.42. The molecule has 26 heavy (non-hydrogen) atoms. The lowest BCUT2D eigenvalue weighted by Gasteiger charge is -2.23. The number of rotatable bonds is 6. The number of carbonyl (C=O) groups is 1. The topological polar surface area (TPSA) is 49.3 Å². The molecule has 1 fully saturated rings. The zero-order valence-corrected chi connectivity index (χ0v) is 16.3. The summed E-state index contributed by atoms with van der Waals surface area (Å²) in [5.41, 5.74) is 2.38. The summed E-state index contributed by atoms with van der Waals surface area (Å²) in [6.45, 7) is 7.05. The highest BCUT2D eigenvalue weighted by atomic mass is 35.5. The third kappa shape index (κ3) is 3.88. The fourth-order valence-corrected chi connectivity index (χ4v) is 4.11. The van der Waals surface area contributed by atoms with Gasteiger partial charge in [-0.3, -0.25) is 4.79 Å². The molecule has 0 aliphatic heterocycles. The molecule has 2 aromatic rings. The highest BCUT2D eigenvalue weighted by Crippen LogP contribution is 2.62. The van der Waals surface area contributed by atoms with Gasteiger partial charge in [0.25, 0.3) is 0 Å². The Labute approximate surface area is 160 Å². The molecule has 2 N–H and O–H groups in total. The highest BCUT2D eigenvalue weighted by Gasteiger charge is 2.63. The molecule has 0 heterocycles. The molecule has 0 spiro atoms. The maximum Gasteiger partial charge on any atom is 0.310 e. The van der Waals surface area contributed by atoms with Crippen LogP contribution in [-0.4, -0.2) is 11.1 Å². The summed E-state index contributed by atoms with van der Waals surface area (Å²) in [5, 5.41) is 13.9. The van der Waals surface area contributed by atoms with Crippen LogP contribution >= 0.6 is 11.6 Å². The van der Waals surface area contributed by atoms with Gasteiger partial charge in [0, 0.05) is 6.54 Å². The van der Waals surface area contributed by atoms with Crippen LogP contribution in [-0.2, 0) is 17.8 Å². The van der Waals surface area contributed by atoms with Gasteiger partial charge in [-0.2, -0.15) is 0 Å². The van der Waals surface area contributed by atoms with Gasteiger partial charge in [-0.15, -0.1) is 0 Å². The Balaban J connectivity index is 1.76. The number of anilines is 1. The van der Waals surface area contributed by atoms with E-state index in [1.165, 1.54) is 5.56 Å². The molecule has 3 rings (SSSR count). The van der Waals surface area contributed by atoms with Crippen LogP contribution in [0.4, 0.5) is 5.69 Å². The molecule has 138 valence electrons. The normalized spacial score (nSPS) is 22.1. The maximum absolute atomic E-state index is 12.0. The number of hydrogen-bond acceptors (Lipinski definition) is 2. The van der Waals surface area contributed by atoms with Crippen molar-refractivity contribution in [3.8, 4) is 0 Å². The first-order valence-electron chi connectivity index (χ1n) is 9.02. The van der Waals surface area contributed by atoms with E-state index in [0.717, 1.165) is 17.7 Å². The van der Waals surface area contributed by atoms with E-state index < -0.39 is 11.4 Å². The monoisotopic (exact) mass is 371 g/mol. The van der Waals surface area contributed by atoms with Crippen LogP contribution in [0.2, 0.25) is 5.02 Å². The second-order valence-corrected chi connectivity index (χ2v) is 8.82. The first-order valence-corrected chi connectivity index (χ1v) is 9.40. The average Bonchev–Trinajstić information content (AvgIpc) is 3.33. The van der Waals surface area contributed by atoms with Crippen LogP contribution < -0.4 is 5.32 Å². The van der Waals surface area contributed by atoms with Gasteiger partial charge in [-0.1, -0.05) is 68.8 Å². The first kappa shape index (κ1) is 18.8. The van der Waals surface area contributed by atoms with Crippen LogP contribution in [0.5, 0.6) is 0 Å². The zero-order valence-electron chi connectivity index (χ0n) is 15.6. The van der Waals surface area contributed by atoms with Crippen LogP contribution in [0.15, 0.2) is 48.5 Å². The predicted molar refractivity (Wildman–Crippen MR) is 107 cm³/mol. The van der Waals surface area contributed by atoms with E-state index in [-0.39, 0.29) is 11.3 Å². The van der Waals surface area contributed by atoms with E-state index >= 15 is 0 Å². The molecule has 0 aromatic heterocycles. The SMILES string of the molecule is CC(C)(C)C1CC1(Cc1ccc(Cl)c(NCc2ccccc2)c1)C(=O)O. The summed E-state index contributed by atoms with van der Waals surface area (Å²) in [4.78, 5) is 12.0. The van der Waals surface area contributed by atoms with E-state index in [9.17, 15) is 9.90 Å². The smallest absolute Gasteiger partial charge is 0.310 e. The summed E-state index contributed by atoms with van der Waals surface area (Å²) >= 11 is 6.33. The van der Waals surface area contributed by atoms with Gasteiger partial charge in [0.2, 0.25) is 0 Å². The summed E-state index contributed by atoms with van der Waals surface area (Å²) in [6, 6.07) is 15.9. The minimum absolute atomic E-state index is 0.000789. The van der Waals surface area contributed by atoms with Crippen molar-refractivity contribution in [3.05, 3.63) is 64.7 Å². The predicted octanol–water partition coefficient (Wildman–Crippen LogP) is 5.63. The Morgan fingerprint density at radius 3 is 2.46 bits per heavy atom. The molecule has 0 saturated heterocycles. The maximum atomic E-state index is 12.0. The lowest BCUT2D eigenvalue weighted by atomic mass is 9.82. The van der Waals surface area contributed by atoms with Gasteiger partial charge in [-0.25, -0.2) is 0 Å².